The van der Waals surface area contributed by atoms with Crippen LogP contribution < -0.4 is 0 Å². The normalized spacial score (nSPS) is 31.6. The van der Waals surface area contributed by atoms with Gasteiger partial charge in [0.25, 0.3) is 0 Å². The first-order chi connectivity index (χ1) is 8.11. The second-order valence-corrected chi connectivity index (χ2v) is 4.99. The van der Waals surface area contributed by atoms with Gasteiger partial charge in [-0.1, -0.05) is 0 Å². The summed E-state index contributed by atoms with van der Waals surface area (Å²) in [5, 5.41) is 8.57. The number of hydrogen-bond donors (Lipinski definition) is 1. The molecule has 2 fully saturated rings. The van der Waals surface area contributed by atoms with Crippen LogP contribution in [0.3, 0.4) is 0 Å². The Morgan fingerprint density at radius 1 is 1.24 bits per heavy atom. The van der Waals surface area contributed by atoms with E-state index >= 15 is 0 Å². The minimum Gasteiger partial charge on any atom is -0.481 e. The number of rotatable bonds is 4. The van der Waals surface area contributed by atoms with E-state index in [0.29, 0.717) is 17.9 Å². The number of nitrogens with zero attached hydrogens (tertiary/aromatic N) is 1. The maximum Gasteiger partial charge on any atom is 0.303 e. The van der Waals surface area contributed by atoms with Crippen molar-refractivity contribution in [2.75, 3.05) is 20.2 Å². The van der Waals surface area contributed by atoms with Crippen molar-refractivity contribution < 1.29 is 19.4 Å². The van der Waals surface area contributed by atoms with Crippen molar-refractivity contribution in [1.82, 2.24) is 4.90 Å². The first-order valence-corrected chi connectivity index (χ1v) is 6.14. The Morgan fingerprint density at radius 3 is 2.29 bits per heavy atom. The Hall–Kier alpha value is -1.10. The van der Waals surface area contributed by atoms with E-state index in [1.807, 2.05) is 4.90 Å². The van der Waals surface area contributed by atoms with E-state index in [4.69, 9.17) is 9.84 Å². The van der Waals surface area contributed by atoms with E-state index in [0.717, 1.165) is 25.9 Å². The van der Waals surface area contributed by atoms with Crippen molar-refractivity contribution in [3.05, 3.63) is 0 Å². The molecule has 1 amide bonds. The monoisotopic (exact) mass is 241 g/mol. The number of fused-ring (bicyclic) bond motifs is 2. The van der Waals surface area contributed by atoms with Crippen molar-refractivity contribution in [1.29, 1.82) is 0 Å². The zero-order valence-electron chi connectivity index (χ0n) is 10.1. The molecule has 5 nitrogen and oxygen atoms in total. The molecule has 5 heteroatoms. The third-order valence-corrected chi connectivity index (χ3v) is 3.92. The van der Waals surface area contributed by atoms with Crippen molar-refractivity contribution in [3.63, 3.8) is 0 Å². The van der Waals surface area contributed by atoms with Crippen LogP contribution in [0.4, 0.5) is 0 Å². The molecule has 0 radical (unpaired) electrons. The standard InChI is InChI=1S/C12H19NO4/c1-17-12-8-2-3-9(12)7-13(6-8)10(14)4-5-11(15)16/h8-9,12H,2-7H2,1H3,(H,15,16)/t8-,9+,12?. The summed E-state index contributed by atoms with van der Waals surface area (Å²) in [6.07, 6.45) is 2.57. The average molecular weight is 241 g/mol. The molecule has 0 aromatic rings. The topological polar surface area (TPSA) is 66.8 Å². The van der Waals surface area contributed by atoms with Gasteiger partial charge in [0.15, 0.2) is 0 Å². The molecule has 1 unspecified atom stereocenters. The molecule has 1 heterocycles. The number of carboxylic acid groups (broad SMARTS) is 1. The quantitative estimate of drug-likeness (QED) is 0.788. The predicted octanol–water partition coefficient (Wildman–Crippen LogP) is 0.735. The van der Waals surface area contributed by atoms with Crippen LogP contribution in [0.5, 0.6) is 0 Å². The Morgan fingerprint density at radius 2 is 1.82 bits per heavy atom. The van der Waals surface area contributed by atoms with Gasteiger partial charge in [0, 0.05) is 38.5 Å². The number of amides is 1. The number of piperidine rings is 1. The Kier molecular flexibility index (Phi) is 3.66. The van der Waals surface area contributed by atoms with Crippen LogP contribution >= 0.6 is 0 Å². The molecule has 0 aromatic carbocycles. The molecule has 3 atom stereocenters. The van der Waals surface area contributed by atoms with E-state index in [9.17, 15) is 9.59 Å². The van der Waals surface area contributed by atoms with Crippen LogP contribution in [-0.2, 0) is 14.3 Å². The third kappa shape index (κ3) is 2.60. The Bertz CT molecular complexity index is 304. The molecular formula is C12H19NO4. The fraction of sp³-hybridized carbons (Fsp3) is 0.833. The molecular weight excluding hydrogens is 222 g/mol. The first-order valence-electron chi connectivity index (χ1n) is 6.14. The van der Waals surface area contributed by atoms with Crippen LogP contribution in [0.2, 0.25) is 0 Å². The summed E-state index contributed by atoms with van der Waals surface area (Å²) in [6, 6.07) is 0. The van der Waals surface area contributed by atoms with E-state index in [1.165, 1.54) is 0 Å². The van der Waals surface area contributed by atoms with Crippen LogP contribution in [0.15, 0.2) is 0 Å². The van der Waals surface area contributed by atoms with Crippen LogP contribution in [-0.4, -0.2) is 48.2 Å². The lowest BCUT2D eigenvalue weighted by atomic mass is 9.94. The first kappa shape index (κ1) is 12.4. The Labute approximate surface area is 101 Å². The van der Waals surface area contributed by atoms with Gasteiger partial charge in [0.2, 0.25) is 5.91 Å². The van der Waals surface area contributed by atoms with Gasteiger partial charge in [0.1, 0.15) is 0 Å². The highest BCUT2D eigenvalue weighted by atomic mass is 16.5. The van der Waals surface area contributed by atoms with Crippen molar-refractivity contribution in [3.8, 4) is 0 Å². The summed E-state index contributed by atoms with van der Waals surface area (Å²) in [5.74, 6) is -0.0630. The molecule has 1 N–H and O–H groups in total. The van der Waals surface area contributed by atoms with Crippen LogP contribution in [0, 0.1) is 11.8 Å². The van der Waals surface area contributed by atoms with E-state index in [1.54, 1.807) is 7.11 Å². The average Bonchev–Trinajstić information content (AvgIpc) is 2.54. The van der Waals surface area contributed by atoms with Crippen molar-refractivity contribution in [2.24, 2.45) is 11.8 Å². The van der Waals surface area contributed by atoms with Gasteiger partial charge >= 0.3 is 5.97 Å². The fourth-order valence-corrected chi connectivity index (χ4v) is 3.13. The summed E-state index contributed by atoms with van der Waals surface area (Å²) in [6.45, 7) is 1.46. The summed E-state index contributed by atoms with van der Waals surface area (Å²) in [4.78, 5) is 24.1. The number of hydrogen-bond acceptors (Lipinski definition) is 3. The summed E-state index contributed by atoms with van der Waals surface area (Å²) >= 11 is 0. The fourth-order valence-electron chi connectivity index (χ4n) is 3.13. The molecule has 1 aliphatic carbocycles. The molecule has 0 spiro atoms. The lowest BCUT2D eigenvalue weighted by Crippen LogP contribution is -2.48. The number of carbonyl (C=O) groups is 2. The SMILES string of the molecule is COC1[C@@H]2CC[C@H]1CN(C(=O)CCC(=O)O)C2. The van der Waals surface area contributed by atoms with Gasteiger partial charge < -0.3 is 14.7 Å². The van der Waals surface area contributed by atoms with Gasteiger partial charge in [-0.2, -0.15) is 0 Å². The highest BCUT2D eigenvalue weighted by molar-refractivity contribution is 5.80. The third-order valence-electron chi connectivity index (χ3n) is 3.92. The van der Waals surface area contributed by atoms with E-state index in [2.05, 4.69) is 0 Å². The van der Waals surface area contributed by atoms with Crippen LogP contribution in [0.25, 0.3) is 0 Å². The molecule has 2 aliphatic rings. The highest BCUT2D eigenvalue weighted by Crippen LogP contribution is 2.38. The maximum atomic E-state index is 11.8. The zero-order chi connectivity index (χ0) is 12.4. The molecule has 96 valence electrons. The number of likely N-dealkylation sites (tertiary alicyclic amines) is 1. The van der Waals surface area contributed by atoms with Gasteiger partial charge in [-0.25, -0.2) is 0 Å². The largest absolute Gasteiger partial charge is 0.481 e. The van der Waals surface area contributed by atoms with E-state index in [-0.39, 0.29) is 18.7 Å². The number of carboxylic acids is 1. The number of aliphatic carboxylic acids is 1. The maximum absolute atomic E-state index is 11.8. The van der Waals surface area contributed by atoms with E-state index < -0.39 is 5.97 Å². The zero-order valence-corrected chi connectivity index (χ0v) is 10.1. The van der Waals surface area contributed by atoms with Gasteiger partial charge in [-0.3, -0.25) is 9.59 Å². The van der Waals surface area contributed by atoms with Crippen molar-refractivity contribution >= 4 is 11.9 Å². The molecule has 1 saturated carbocycles. The lowest BCUT2D eigenvalue weighted by Gasteiger charge is -2.37. The minimum atomic E-state index is -0.909. The number of ether oxygens (including phenoxy) is 1. The summed E-state index contributed by atoms with van der Waals surface area (Å²) < 4.78 is 5.47. The number of carbonyl (C=O) groups excluding carboxylic acids is 1. The molecule has 1 saturated heterocycles. The van der Waals surface area contributed by atoms with Gasteiger partial charge in [-0.15, -0.1) is 0 Å². The smallest absolute Gasteiger partial charge is 0.303 e. The molecule has 2 rings (SSSR count). The summed E-state index contributed by atoms with van der Waals surface area (Å²) in [5.41, 5.74) is 0. The molecule has 17 heavy (non-hydrogen) atoms. The Balaban J connectivity index is 1.89. The summed E-state index contributed by atoms with van der Waals surface area (Å²) in [7, 11) is 1.73. The molecule has 2 bridgehead atoms. The minimum absolute atomic E-state index is 0.0288. The predicted molar refractivity (Wildman–Crippen MR) is 60.5 cm³/mol. The molecule has 0 aromatic heterocycles. The van der Waals surface area contributed by atoms with Crippen LogP contribution in [0.1, 0.15) is 25.7 Å². The van der Waals surface area contributed by atoms with Gasteiger partial charge in [-0.05, 0) is 12.8 Å². The molecule has 1 aliphatic heterocycles. The highest BCUT2D eigenvalue weighted by Gasteiger charge is 2.43. The second kappa shape index (κ2) is 5.04. The van der Waals surface area contributed by atoms with Gasteiger partial charge in [0.05, 0.1) is 12.5 Å². The number of methoxy groups -OCH3 is 1. The van der Waals surface area contributed by atoms with Crippen molar-refractivity contribution in [2.45, 2.75) is 31.8 Å². The second-order valence-electron chi connectivity index (χ2n) is 4.99. The lowest BCUT2D eigenvalue weighted by molar-refractivity contribution is -0.142.